The van der Waals surface area contributed by atoms with Crippen molar-refractivity contribution in [2.24, 2.45) is 0 Å². The number of phenolic OH excluding ortho intramolecular Hbond substituents is 1. The van der Waals surface area contributed by atoms with Crippen LogP contribution in [-0.2, 0) is 6.54 Å². The van der Waals surface area contributed by atoms with E-state index in [9.17, 15) is 5.11 Å². The summed E-state index contributed by atoms with van der Waals surface area (Å²) in [4.78, 5) is 4.31. The van der Waals surface area contributed by atoms with Crippen molar-refractivity contribution in [1.82, 2.24) is 4.98 Å². The maximum Gasteiger partial charge on any atom is 0.295 e. The van der Waals surface area contributed by atoms with Gasteiger partial charge in [-0.2, -0.15) is 4.98 Å². The van der Waals surface area contributed by atoms with Crippen molar-refractivity contribution in [1.29, 1.82) is 0 Å². The van der Waals surface area contributed by atoms with Crippen LogP contribution in [0.4, 0.5) is 6.01 Å². The van der Waals surface area contributed by atoms with Crippen LogP contribution in [0.5, 0.6) is 5.75 Å². The Morgan fingerprint density at radius 2 is 2.00 bits per heavy atom. The zero-order valence-corrected chi connectivity index (χ0v) is 9.63. The van der Waals surface area contributed by atoms with E-state index in [0.717, 1.165) is 16.7 Å². The van der Waals surface area contributed by atoms with E-state index >= 15 is 0 Å². The maximum atomic E-state index is 9.36. The molecule has 0 fully saturated rings. The molecule has 4 nitrogen and oxygen atoms in total. The highest BCUT2D eigenvalue weighted by Crippen LogP contribution is 2.19. The molecule has 0 aliphatic heterocycles. The topological polar surface area (TPSA) is 58.3 Å². The summed E-state index contributed by atoms with van der Waals surface area (Å²) in [7, 11) is 0. The van der Waals surface area contributed by atoms with Gasteiger partial charge in [-0.05, 0) is 29.8 Å². The molecule has 1 heterocycles. The second kappa shape index (κ2) is 4.41. The first-order chi connectivity index (χ1) is 8.81. The second-order valence-electron chi connectivity index (χ2n) is 4.01. The molecule has 3 aromatic rings. The number of benzene rings is 2. The molecule has 0 saturated carbocycles. The van der Waals surface area contributed by atoms with Gasteiger partial charge in [0.15, 0.2) is 5.58 Å². The minimum atomic E-state index is 0.256. The number of aromatic hydroxyl groups is 1. The van der Waals surface area contributed by atoms with Gasteiger partial charge in [-0.25, -0.2) is 0 Å². The molecule has 0 amide bonds. The fraction of sp³-hybridized carbons (Fsp3) is 0.0714. The van der Waals surface area contributed by atoms with Gasteiger partial charge in [-0.15, -0.1) is 0 Å². The van der Waals surface area contributed by atoms with Crippen LogP contribution >= 0.6 is 0 Å². The van der Waals surface area contributed by atoms with Crippen LogP contribution in [0.25, 0.3) is 11.1 Å². The Morgan fingerprint density at radius 1 is 1.11 bits per heavy atom. The van der Waals surface area contributed by atoms with Crippen LogP contribution in [-0.4, -0.2) is 10.1 Å². The minimum Gasteiger partial charge on any atom is -0.508 e. The van der Waals surface area contributed by atoms with Crippen molar-refractivity contribution in [2.75, 3.05) is 5.32 Å². The lowest BCUT2D eigenvalue weighted by molar-refractivity contribution is 0.474. The lowest BCUT2D eigenvalue weighted by Crippen LogP contribution is -1.98. The Bertz CT molecular complexity index is 643. The molecule has 2 aromatic carbocycles. The first kappa shape index (κ1) is 10.7. The van der Waals surface area contributed by atoms with Gasteiger partial charge in [-0.3, -0.25) is 0 Å². The van der Waals surface area contributed by atoms with Gasteiger partial charge in [0.05, 0.1) is 0 Å². The number of nitrogens with zero attached hydrogens (tertiary/aromatic N) is 1. The van der Waals surface area contributed by atoms with E-state index in [4.69, 9.17) is 4.42 Å². The standard InChI is InChI=1S/C14H12N2O2/c17-11-5-3-4-10(8-11)9-15-14-16-12-6-1-2-7-13(12)18-14/h1-8,17H,9H2,(H,15,16). The normalized spacial score (nSPS) is 10.7. The van der Waals surface area contributed by atoms with Crippen molar-refractivity contribution in [3.8, 4) is 5.75 Å². The Labute approximate surface area is 104 Å². The molecule has 0 radical (unpaired) electrons. The summed E-state index contributed by atoms with van der Waals surface area (Å²) in [6.45, 7) is 0.557. The van der Waals surface area contributed by atoms with Crippen LogP contribution in [0.1, 0.15) is 5.56 Å². The third-order valence-corrected chi connectivity index (χ3v) is 2.65. The lowest BCUT2D eigenvalue weighted by atomic mass is 10.2. The fourth-order valence-corrected chi connectivity index (χ4v) is 1.79. The number of aromatic nitrogens is 1. The monoisotopic (exact) mass is 240 g/mol. The number of anilines is 1. The van der Waals surface area contributed by atoms with Crippen molar-refractivity contribution < 1.29 is 9.52 Å². The van der Waals surface area contributed by atoms with Crippen molar-refractivity contribution >= 4 is 17.1 Å². The molecule has 0 unspecified atom stereocenters. The van der Waals surface area contributed by atoms with E-state index in [1.807, 2.05) is 30.3 Å². The molecule has 4 heteroatoms. The summed E-state index contributed by atoms with van der Waals surface area (Å²) in [5.41, 5.74) is 2.56. The summed E-state index contributed by atoms with van der Waals surface area (Å²) < 4.78 is 5.54. The molecule has 0 aliphatic rings. The first-order valence-electron chi connectivity index (χ1n) is 5.68. The van der Waals surface area contributed by atoms with E-state index in [-0.39, 0.29) is 5.75 Å². The number of hydrogen-bond donors (Lipinski definition) is 2. The van der Waals surface area contributed by atoms with Gasteiger partial charge < -0.3 is 14.8 Å². The summed E-state index contributed by atoms with van der Waals surface area (Å²) in [6.07, 6.45) is 0. The number of hydrogen-bond acceptors (Lipinski definition) is 4. The molecule has 2 N–H and O–H groups in total. The van der Waals surface area contributed by atoms with Gasteiger partial charge in [0, 0.05) is 6.54 Å². The number of nitrogens with one attached hydrogen (secondary N) is 1. The summed E-state index contributed by atoms with van der Waals surface area (Å²) in [5, 5.41) is 12.4. The van der Waals surface area contributed by atoms with E-state index < -0.39 is 0 Å². The van der Waals surface area contributed by atoms with E-state index in [0.29, 0.717) is 12.6 Å². The lowest BCUT2D eigenvalue weighted by Gasteiger charge is -2.02. The van der Waals surface area contributed by atoms with Gasteiger partial charge in [-0.1, -0.05) is 24.3 Å². The van der Waals surface area contributed by atoms with Crippen LogP contribution in [0.15, 0.2) is 52.9 Å². The summed E-state index contributed by atoms with van der Waals surface area (Å²) >= 11 is 0. The SMILES string of the molecule is Oc1cccc(CNc2nc3ccccc3o2)c1. The molecule has 0 bridgehead atoms. The minimum absolute atomic E-state index is 0.256. The Hall–Kier alpha value is -2.49. The maximum absolute atomic E-state index is 9.36. The van der Waals surface area contributed by atoms with Crippen molar-refractivity contribution in [3.63, 3.8) is 0 Å². The molecular weight excluding hydrogens is 228 g/mol. The third kappa shape index (κ3) is 2.13. The first-order valence-corrected chi connectivity index (χ1v) is 5.68. The van der Waals surface area contributed by atoms with Crippen molar-refractivity contribution in [2.45, 2.75) is 6.54 Å². The van der Waals surface area contributed by atoms with Crippen LogP contribution in [0, 0.1) is 0 Å². The molecule has 90 valence electrons. The van der Waals surface area contributed by atoms with Gasteiger partial charge in [0.2, 0.25) is 0 Å². The van der Waals surface area contributed by atoms with Crippen LogP contribution < -0.4 is 5.32 Å². The molecule has 3 rings (SSSR count). The van der Waals surface area contributed by atoms with Crippen LogP contribution in [0.3, 0.4) is 0 Å². The molecular formula is C14H12N2O2. The number of phenols is 1. The average Bonchev–Trinajstić information content (AvgIpc) is 2.79. The van der Waals surface area contributed by atoms with Gasteiger partial charge in [0.25, 0.3) is 6.01 Å². The largest absolute Gasteiger partial charge is 0.508 e. The predicted octanol–water partition coefficient (Wildman–Crippen LogP) is 3.15. The zero-order valence-electron chi connectivity index (χ0n) is 9.63. The number of rotatable bonds is 3. The Balaban J connectivity index is 1.76. The average molecular weight is 240 g/mol. The fourth-order valence-electron chi connectivity index (χ4n) is 1.79. The quantitative estimate of drug-likeness (QED) is 0.738. The highest BCUT2D eigenvalue weighted by Gasteiger charge is 2.04. The number of fused-ring (bicyclic) bond motifs is 1. The summed E-state index contributed by atoms with van der Waals surface area (Å²) in [5.74, 6) is 0.256. The van der Waals surface area contributed by atoms with E-state index in [1.165, 1.54) is 0 Å². The smallest absolute Gasteiger partial charge is 0.295 e. The van der Waals surface area contributed by atoms with E-state index in [1.54, 1.807) is 18.2 Å². The van der Waals surface area contributed by atoms with Crippen LogP contribution in [0.2, 0.25) is 0 Å². The van der Waals surface area contributed by atoms with Crippen molar-refractivity contribution in [3.05, 3.63) is 54.1 Å². The van der Waals surface area contributed by atoms with Gasteiger partial charge >= 0.3 is 0 Å². The van der Waals surface area contributed by atoms with Gasteiger partial charge in [0.1, 0.15) is 11.3 Å². The summed E-state index contributed by atoms with van der Waals surface area (Å²) in [6, 6.07) is 15.2. The molecule has 0 saturated heterocycles. The number of oxazole rings is 1. The molecule has 1 aromatic heterocycles. The molecule has 0 atom stereocenters. The predicted molar refractivity (Wildman–Crippen MR) is 69.4 cm³/mol. The molecule has 18 heavy (non-hydrogen) atoms. The Morgan fingerprint density at radius 3 is 2.83 bits per heavy atom. The zero-order chi connectivity index (χ0) is 12.4. The second-order valence-corrected chi connectivity index (χ2v) is 4.01. The Kier molecular flexibility index (Phi) is 2.61. The molecule has 0 spiro atoms. The molecule has 0 aliphatic carbocycles. The van der Waals surface area contributed by atoms with E-state index in [2.05, 4.69) is 10.3 Å². The number of para-hydroxylation sites is 2. The third-order valence-electron chi connectivity index (χ3n) is 2.65. The highest BCUT2D eigenvalue weighted by molar-refractivity contribution is 5.74. The highest BCUT2D eigenvalue weighted by atomic mass is 16.4.